The van der Waals surface area contributed by atoms with Gasteiger partial charge in [0, 0.05) is 18.7 Å². The van der Waals surface area contributed by atoms with E-state index in [2.05, 4.69) is 20.8 Å². The van der Waals surface area contributed by atoms with E-state index in [0.29, 0.717) is 24.1 Å². The van der Waals surface area contributed by atoms with Crippen LogP contribution in [-0.4, -0.2) is 57.6 Å². The molecule has 0 saturated carbocycles. The van der Waals surface area contributed by atoms with Crippen molar-refractivity contribution in [1.82, 2.24) is 25.4 Å². The second kappa shape index (κ2) is 10.5. The fourth-order valence-corrected chi connectivity index (χ4v) is 3.93. The Bertz CT molecular complexity index is 868. The first kappa shape index (κ1) is 22.2. The van der Waals surface area contributed by atoms with Crippen LogP contribution in [0.2, 0.25) is 0 Å². The predicted octanol–water partition coefficient (Wildman–Crippen LogP) is 2.00. The standard InChI is InChI=1S/C20H26FN5O3S/c1-3-22-19(28)13(2)23-17(27)12-30-20-25-24-18(14-6-8-15(21)9-7-14)26(20)11-16-5-4-10-29-16/h6-9,13,16H,3-5,10-12H2,1-2H3,(H,22,28)(H,23,27)/t13-,16+/m1/s1. The Balaban J connectivity index is 1.71. The number of likely N-dealkylation sites (N-methyl/N-ethyl adjacent to an activating group) is 1. The molecule has 1 aliphatic rings. The molecule has 30 heavy (non-hydrogen) atoms. The molecule has 0 aliphatic carbocycles. The normalized spacial score (nSPS) is 17.0. The zero-order valence-electron chi connectivity index (χ0n) is 17.1. The van der Waals surface area contributed by atoms with Crippen molar-refractivity contribution in [3.8, 4) is 11.4 Å². The van der Waals surface area contributed by atoms with Gasteiger partial charge in [-0.3, -0.25) is 14.2 Å². The van der Waals surface area contributed by atoms with Gasteiger partial charge in [0.15, 0.2) is 11.0 Å². The zero-order chi connectivity index (χ0) is 21.5. The first-order valence-electron chi connectivity index (χ1n) is 9.98. The molecule has 2 amide bonds. The Morgan fingerprint density at radius 2 is 2.10 bits per heavy atom. The van der Waals surface area contributed by atoms with Crippen molar-refractivity contribution in [2.45, 2.75) is 50.5 Å². The number of benzene rings is 1. The summed E-state index contributed by atoms with van der Waals surface area (Å²) in [5, 5.41) is 14.4. The van der Waals surface area contributed by atoms with Gasteiger partial charge >= 0.3 is 0 Å². The number of nitrogens with one attached hydrogen (secondary N) is 2. The largest absolute Gasteiger partial charge is 0.376 e. The minimum atomic E-state index is -0.613. The molecule has 1 fully saturated rings. The quantitative estimate of drug-likeness (QED) is 0.585. The number of hydrogen-bond acceptors (Lipinski definition) is 6. The lowest BCUT2D eigenvalue weighted by molar-refractivity contribution is -0.127. The lowest BCUT2D eigenvalue weighted by atomic mass is 10.2. The van der Waals surface area contributed by atoms with E-state index < -0.39 is 6.04 Å². The van der Waals surface area contributed by atoms with E-state index >= 15 is 0 Å². The highest BCUT2D eigenvalue weighted by molar-refractivity contribution is 7.99. The monoisotopic (exact) mass is 435 g/mol. The first-order valence-corrected chi connectivity index (χ1v) is 11.0. The van der Waals surface area contributed by atoms with Crippen molar-refractivity contribution in [3.05, 3.63) is 30.1 Å². The summed E-state index contributed by atoms with van der Waals surface area (Å²) in [7, 11) is 0. The fourth-order valence-electron chi connectivity index (χ4n) is 3.17. The second-order valence-electron chi connectivity index (χ2n) is 7.03. The third kappa shape index (κ3) is 5.79. The van der Waals surface area contributed by atoms with Crippen LogP contribution in [0.4, 0.5) is 4.39 Å². The van der Waals surface area contributed by atoms with Crippen LogP contribution in [0.3, 0.4) is 0 Å². The summed E-state index contributed by atoms with van der Waals surface area (Å²) in [6.45, 7) is 5.24. The van der Waals surface area contributed by atoms with Gasteiger partial charge in [-0.15, -0.1) is 10.2 Å². The minimum Gasteiger partial charge on any atom is -0.376 e. The number of hydrogen-bond donors (Lipinski definition) is 2. The molecule has 8 nitrogen and oxygen atoms in total. The van der Waals surface area contributed by atoms with E-state index in [1.807, 2.05) is 11.5 Å². The molecule has 2 heterocycles. The molecule has 0 spiro atoms. The Kier molecular flexibility index (Phi) is 7.81. The van der Waals surface area contributed by atoms with Gasteiger partial charge in [0.2, 0.25) is 11.8 Å². The zero-order valence-corrected chi connectivity index (χ0v) is 17.9. The third-order valence-corrected chi connectivity index (χ3v) is 5.65. The highest BCUT2D eigenvalue weighted by atomic mass is 32.2. The smallest absolute Gasteiger partial charge is 0.242 e. The maximum atomic E-state index is 13.3. The summed E-state index contributed by atoms with van der Waals surface area (Å²) in [4.78, 5) is 24.1. The van der Waals surface area contributed by atoms with Gasteiger partial charge in [-0.25, -0.2) is 4.39 Å². The van der Waals surface area contributed by atoms with Crippen LogP contribution >= 0.6 is 11.8 Å². The van der Waals surface area contributed by atoms with Crippen LogP contribution in [0, 0.1) is 5.82 Å². The Labute approximate surface area is 179 Å². The number of halogens is 1. The molecule has 1 aromatic carbocycles. The first-order chi connectivity index (χ1) is 14.5. The maximum absolute atomic E-state index is 13.3. The molecular weight excluding hydrogens is 409 g/mol. The summed E-state index contributed by atoms with van der Waals surface area (Å²) in [6, 6.07) is 5.45. The molecule has 2 aromatic rings. The fraction of sp³-hybridized carbons (Fsp3) is 0.500. The maximum Gasteiger partial charge on any atom is 0.242 e. The molecule has 3 rings (SSSR count). The van der Waals surface area contributed by atoms with Crippen LogP contribution in [0.25, 0.3) is 11.4 Å². The van der Waals surface area contributed by atoms with Crippen molar-refractivity contribution in [1.29, 1.82) is 0 Å². The van der Waals surface area contributed by atoms with Crippen molar-refractivity contribution in [2.24, 2.45) is 0 Å². The highest BCUT2D eigenvalue weighted by Gasteiger charge is 2.23. The molecule has 2 atom stereocenters. The molecule has 162 valence electrons. The molecule has 2 N–H and O–H groups in total. The van der Waals surface area contributed by atoms with E-state index in [1.165, 1.54) is 23.9 Å². The van der Waals surface area contributed by atoms with Gasteiger partial charge in [-0.1, -0.05) is 11.8 Å². The van der Waals surface area contributed by atoms with E-state index in [-0.39, 0.29) is 29.5 Å². The van der Waals surface area contributed by atoms with Gasteiger partial charge in [-0.05, 0) is 51.0 Å². The molecule has 10 heteroatoms. The van der Waals surface area contributed by atoms with Crippen molar-refractivity contribution < 1.29 is 18.7 Å². The Morgan fingerprint density at radius 3 is 2.77 bits per heavy atom. The number of amides is 2. The lowest BCUT2D eigenvalue weighted by Crippen LogP contribution is -2.45. The van der Waals surface area contributed by atoms with Gasteiger partial charge in [0.05, 0.1) is 18.4 Å². The van der Waals surface area contributed by atoms with Crippen LogP contribution in [-0.2, 0) is 20.9 Å². The van der Waals surface area contributed by atoms with E-state index in [1.54, 1.807) is 19.1 Å². The van der Waals surface area contributed by atoms with Gasteiger partial charge in [-0.2, -0.15) is 0 Å². The Hall–Kier alpha value is -2.46. The molecule has 1 aromatic heterocycles. The SMILES string of the molecule is CCNC(=O)[C@@H](C)NC(=O)CSc1nnc(-c2ccc(F)cc2)n1C[C@@H]1CCCO1. The molecule has 1 saturated heterocycles. The molecule has 0 bridgehead atoms. The number of ether oxygens (including phenoxy) is 1. The van der Waals surface area contributed by atoms with Crippen molar-refractivity contribution in [3.63, 3.8) is 0 Å². The summed E-state index contributed by atoms with van der Waals surface area (Å²) in [6.07, 6.45) is 1.99. The van der Waals surface area contributed by atoms with Crippen molar-refractivity contribution in [2.75, 3.05) is 18.9 Å². The number of carbonyl (C=O) groups excluding carboxylic acids is 2. The second-order valence-corrected chi connectivity index (χ2v) is 7.97. The number of aromatic nitrogens is 3. The summed E-state index contributed by atoms with van der Waals surface area (Å²) >= 11 is 1.24. The summed E-state index contributed by atoms with van der Waals surface area (Å²) in [5.41, 5.74) is 0.739. The highest BCUT2D eigenvalue weighted by Crippen LogP contribution is 2.26. The predicted molar refractivity (Wildman–Crippen MR) is 111 cm³/mol. The summed E-state index contributed by atoms with van der Waals surface area (Å²) in [5.74, 6) is -0.123. The van der Waals surface area contributed by atoms with E-state index in [0.717, 1.165) is 25.0 Å². The minimum absolute atomic E-state index is 0.0473. The van der Waals surface area contributed by atoms with Crippen LogP contribution in [0.1, 0.15) is 26.7 Å². The van der Waals surface area contributed by atoms with Gasteiger partial charge < -0.3 is 15.4 Å². The van der Waals surface area contributed by atoms with E-state index in [9.17, 15) is 14.0 Å². The number of carbonyl (C=O) groups is 2. The molecular formula is C20H26FN5O3S. The van der Waals surface area contributed by atoms with Gasteiger partial charge in [0.1, 0.15) is 11.9 Å². The van der Waals surface area contributed by atoms with E-state index in [4.69, 9.17) is 4.74 Å². The topological polar surface area (TPSA) is 98.1 Å². The number of thioether (sulfide) groups is 1. The average Bonchev–Trinajstić information content (AvgIpc) is 3.38. The van der Waals surface area contributed by atoms with Crippen LogP contribution in [0.15, 0.2) is 29.4 Å². The molecule has 1 aliphatic heterocycles. The average molecular weight is 436 g/mol. The third-order valence-electron chi connectivity index (χ3n) is 4.68. The summed E-state index contributed by atoms with van der Waals surface area (Å²) < 4.78 is 21.0. The van der Waals surface area contributed by atoms with Crippen molar-refractivity contribution >= 4 is 23.6 Å². The molecule has 0 radical (unpaired) electrons. The lowest BCUT2D eigenvalue weighted by Gasteiger charge is -2.15. The van der Waals surface area contributed by atoms with Crippen LogP contribution in [0.5, 0.6) is 0 Å². The van der Waals surface area contributed by atoms with Gasteiger partial charge in [0.25, 0.3) is 0 Å². The Morgan fingerprint density at radius 1 is 1.33 bits per heavy atom. The number of nitrogens with zero attached hydrogens (tertiary/aromatic N) is 3. The molecule has 0 unspecified atom stereocenters. The number of rotatable bonds is 9. The van der Waals surface area contributed by atoms with Crippen LogP contribution < -0.4 is 10.6 Å².